The molecule has 4 rings (SSSR count). The van der Waals surface area contributed by atoms with Crippen LogP contribution in [0.15, 0.2) is 42.6 Å². The van der Waals surface area contributed by atoms with Gasteiger partial charge < -0.3 is 15.5 Å². The highest BCUT2D eigenvalue weighted by atomic mass is 16.2. The van der Waals surface area contributed by atoms with Gasteiger partial charge in [0.05, 0.1) is 0 Å². The molecule has 0 bridgehead atoms. The van der Waals surface area contributed by atoms with Gasteiger partial charge in [-0.1, -0.05) is 0 Å². The predicted octanol–water partition coefficient (Wildman–Crippen LogP) is 3.22. The number of piperidine rings is 1. The number of benzene rings is 1. The monoisotopic (exact) mass is 364 g/mol. The molecule has 2 N–H and O–H groups in total. The van der Waals surface area contributed by atoms with Crippen molar-refractivity contribution in [1.29, 1.82) is 0 Å². The molecule has 1 saturated carbocycles. The first-order chi connectivity index (χ1) is 13.2. The van der Waals surface area contributed by atoms with Crippen LogP contribution in [0.5, 0.6) is 0 Å². The molecule has 2 aromatic rings. The molecule has 2 aliphatic rings. The van der Waals surface area contributed by atoms with Gasteiger partial charge in [0.25, 0.3) is 11.8 Å². The van der Waals surface area contributed by atoms with Gasteiger partial charge in [-0.2, -0.15) is 0 Å². The number of carbonyl (C=O) groups excluding carboxylic acids is 2. The van der Waals surface area contributed by atoms with E-state index in [1.807, 2.05) is 24.3 Å². The number of nitrogens with zero attached hydrogens (tertiary/aromatic N) is 2. The zero-order chi connectivity index (χ0) is 18.6. The largest absolute Gasteiger partial charge is 0.372 e. The molecule has 6 heteroatoms. The number of amides is 2. The van der Waals surface area contributed by atoms with Crippen LogP contribution < -0.4 is 15.5 Å². The molecule has 1 aromatic heterocycles. The first-order valence-corrected chi connectivity index (χ1v) is 9.62. The summed E-state index contributed by atoms with van der Waals surface area (Å²) in [7, 11) is 0. The zero-order valence-corrected chi connectivity index (χ0v) is 15.3. The average molecular weight is 364 g/mol. The van der Waals surface area contributed by atoms with Crippen molar-refractivity contribution in [2.45, 2.75) is 38.1 Å². The minimum Gasteiger partial charge on any atom is -0.372 e. The van der Waals surface area contributed by atoms with E-state index in [0.29, 0.717) is 5.56 Å². The molecule has 1 aliphatic heterocycles. The van der Waals surface area contributed by atoms with E-state index < -0.39 is 0 Å². The Hall–Kier alpha value is -2.89. The Bertz CT molecular complexity index is 824. The Morgan fingerprint density at radius 1 is 0.963 bits per heavy atom. The summed E-state index contributed by atoms with van der Waals surface area (Å²) in [5, 5.41) is 5.78. The van der Waals surface area contributed by atoms with Gasteiger partial charge in [-0.15, -0.1) is 0 Å². The number of hydrogen-bond donors (Lipinski definition) is 2. The SMILES string of the molecule is O=C(Nc1ccc(N2CCCCC2)cc1)c1ccnc(C(=O)NC2CC2)c1. The highest BCUT2D eigenvalue weighted by Gasteiger charge is 2.24. The maximum atomic E-state index is 12.5. The first-order valence-electron chi connectivity index (χ1n) is 9.62. The van der Waals surface area contributed by atoms with Crippen LogP contribution in [0.2, 0.25) is 0 Å². The number of aromatic nitrogens is 1. The number of rotatable bonds is 5. The zero-order valence-electron chi connectivity index (χ0n) is 15.3. The molecule has 1 aliphatic carbocycles. The highest BCUT2D eigenvalue weighted by Crippen LogP contribution is 2.22. The van der Waals surface area contributed by atoms with Crippen LogP contribution in [0.4, 0.5) is 11.4 Å². The quantitative estimate of drug-likeness (QED) is 0.854. The molecule has 0 spiro atoms. The molecule has 6 nitrogen and oxygen atoms in total. The van der Waals surface area contributed by atoms with Crippen LogP contribution in [0.1, 0.15) is 53.0 Å². The Labute approximate surface area is 159 Å². The fraction of sp³-hybridized carbons (Fsp3) is 0.381. The molecule has 1 aromatic carbocycles. The second-order valence-electron chi connectivity index (χ2n) is 7.23. The smallest absolute Gasteiger partial charge is 0.270 e. The summed E-state index contributed by atoms with van der Waals surface area (Å²) in [5.41, 5.74) is 2.62. The van der Waals surface area contributed by atoms with Gasteiger partial charge in [0.2, 0.25) is 0 Å². The topological polar surface area (TPSA) is 74.3 Å². The van der Waals surface area contributed by atoms with Gasteiger partial charge >= 0.3 is 0 Å². The molecule has 140 valence electrons. The normalized spacial score (nSPS) is 16.7. The van der Waals surface area contributed by atoms with Crippen LogP contribution in [-0.2, 0) is 0 Å². The Morgan fingerprint density at radius 2 is 1.70 bits per heavy atom. The third kappa shape index (κ3) is 4.45. The van der Waals surface area contributed by atoms with Crippen LogP contribution in [0.3, 0.4) is 0 Å². The maximum absolute atomic E-state index is 12.5. The van der Waals surface area contributed by atoms with Gasteiger partial charge in [0, 0.05) is 42.3 Å². The lowest BCUT2D eigenvalue weighted by atomic mass is 10.1. The van der Waals surface area contributed by atoms with Crippen molar-refractivity contribution in [1.82, 2.24) is 10.3 Å². The van der Waals surface area contributed by atoms with Crippen molar-refractivity contribution < 1.29 is 9.59 Å². The van der Waals surface area contributed by atoms with E-state index >= 15 is 0 Å². The molecule has 1 saturated heterocycles. The second kappa shape index (κ2) is 7.78. The van der Waals surface area contributed by atoms with Gasteiger partial charge in [0.15, 0.2) is 0 Å². The Kier molecular flexibility index (Phi) is 5.05. The summed E-state index contributed by atoms with van der Waals surface area (Å²) >= 11 is 0. The van der Waals surface area contributed by atoms with E-state index in [2.05, 4.69) is 20.5 Å². The minimum atomic E-state index is -0.247. The van der Waals surface area contributed by atoms with Gasteiger partial charge in [0.1, 0.15) is 5.69 Å². The molecule has 2 fully saturated rings. The molecular formula is C21H24N4O2. The summed E-state index contributed by atoms with van der Waals surface area (Å²) in [5.74, 6) is -0.471. The van der Waals surface area contributed by atoms with E-state index in [1.54, 1.807) is 6.07 Å². The van der Waals surface area contributed by atoms with E-state index in [9.17, 15) is 9.59 Å². The van der Waals surface area contributed by atoms with Crippen molar-refractivity contribution in [2.24, 2.45) is 0 Å². The fourth-order valence-corrected chi connectivity index (χ4v) is 3.29. The number of nitrogens with one attached hydrogen (secondary N) is 2. The number of pyridine rings is 1. The lowest BCUT2D eigenvalue weighted by Gasteiger charge is -2.28. The molecule has 0 atom stereocenters. The first kappa shape index (κ1) is 17.5. The average Bonchev–Trinajstić information content (AvgIpc) is 3.53. The minimum absolute atomic E-state index is 0.224. The highest BCUT2D eigenvalue weighted by molar-refractivity contribution is 6.05. The van der Waals surface area contributed by atoms with E-state index in [0.717, 1.165) is 31.6 Å². The van der Waals surface area contributed by atoms with Crippen molar-refractivity contribution in [3.05, 3.63) is 53.9 Å². The van der Waals surface area contributed by atoms with E-state index in [4.69, 9.17) is 0 Å². The summed E-state index contributed by atoms with van der Waals surface area (Å²) in [6, 6.07) is 11.3. The van der Waals surface area contributed by atoms with Crippen LogP contribution in [0.25, 0.3) is 0 Å². The van der Waals surface area contributed by atoms with Gasteiger partial charge in [-0.25, -0.2) is 0 Å². The van der Waals surface area contributed by atoms with E-state index in [1.165, 1.54) is 37.2 Å². The second-order valence-corrected chi connectivity index (χ2v) is 7.23. The van der Waals surface area contributed by atoms with Gasteiger partial charge in [-0.3, -0.25) is 14.6 Å². The summed E-state index contributed by atoms with van der Waals surface area (Å²) in [6.45, 7) is 2.18. The lowest BCUT2D eigenvalue weighted by Crippen LogP contribution is -2.29. The van der Waals surface area contributed by atoms with Crippen molar-refractivity contribution >= 4 is 23.2 Å². The number of carbonyl (C=O) groups is 2. The third-order valence-electron chi connectivity index (χ3n) is 5.01. The Morgan fingerprint density at radius 3 is 2.41 bits per heavy atom. The molecule has 27 heavy (non-hydrogen) atoms. The standard InChI is InChI=1S/C21H24N4O2/c26-20(15-10-11-22-19(14-15)21(27)24-16-4-5-16)23-17-6-8-18(9-7-17)25-12-2-1-3-13-25/h6-11,14,16H,1-5,12-13H2,(H,23,26)(H,24,27). The molecule has 0 unspecified atom stereocenters. The lowest BCUT2D eigenvalue weighted by molar-refractivity contribution is 0.0946. The Balaban J connectivity index is 1.40. The summed E-state index contributed by atoms with van der Waals surface area (Å²) in [4.78, 5) is 31.1. The predicted molar refractivity (Wildman–Crippen MR) is 105 cm³/mol. The van der Waals surface area contributed by atoms with Crippen molar-refractivity contribution in [2.75, 3.05) is 23.3 Å². The summed E-state index contributed by atoms with van der Waals surface area (Å²) < 4.78 is 0. The fourth-order valence-electron chi connectivity index (χ4n) is 3.29. The van der Waals surface area contributed by atoms with Crippen molar-refractivity contribution in [3.8, 4) is 0 Å². The third-order valence-corrected chi connectivity index (χ3v) is 5.01. The molecule has 0 radical (unpaired) electrons. The maximum Gasteiger partial charge on any atom is 0.270 e. The van der Waals surface area contributed by atoms with E-state index in [-0.39, 0.29) is 23.6 Å². The summed E-state index contributed by atoms with van der Waals surface area (Å²) in [6.07, 6.45) is 7.29. The van der Waals surface area contributed by atoms with Crippen LogP contribution in [-0.4, -0.2) is 35.9 Å². The molecule has 2 amide bonds. The van der Waals surface area contributed by atoms with Crippen molar-refractivity contribution in [3.63, 3.8) is 0 Å². The number of anilines is 2. The van der Waals surface area contributed by atoms with Gasteiger partial charge in [-0.05, 0) is 68.5 Å². The molecule has 2 heterocycles. The van der Waals surface area contributed by atoms with Crippen LogP contribution >= 0.6 is 0 Å². The van der Waals surface area contributed by atoms with Crippen LogP contribution in [0, 0.1) is 0 Å². The molecular weight excluding hydrogens is 340 g/mol. The number of hydrogen-bond acceptors (Lipinski definition) is 4.